The molecule has 0 aromatic rings. The zero-order chi connectivity index (χ0) is 11.6. The van der Waals surface area contributed by atoms with Crippen molar-refractivity contribution in [1.82, 2.24) is 0 Å². The van der Waals surface area contributed by atoms with E-state index < -0.39 is 0 Å². The van der Waals surface area contributed by atoms with Gasteiger partial charge >= 0.3 is 0 Å². The van der Waals surface area contributed by atoms with E-state index in [1.54, 1.807) is 0 Å². The predicted octanol–water partition coefficient (Wildman–Crippen LogP) is 3.22. The number of nitrogens with one attached hydrogen (secondary N) is 1. The molecule has 1 N–H and O–H groups in total. The Balaban J connectivity index is 2.85. The molecule has 1 fully saturated rings. The molecule has 0 heterocycles. The molecule has 0 aromatic heterocycles. The molecular weight excluding hydrogens is 186 g/mol. The van der Waals surface area contributed by atoms with Crippen molar-refractivity contribution in [1.29, 1.82) is 5.41 Å². The number of carbonyl (C=O) groups excluding carboxylic acids is 1. The predicted molar refractivity (Wildman–Crippen MR) is 63.2 cm³/mol. The third-order valence-electron chi connectivity index (χ3n) is 4.13. The van der Waals surface area contributed by atoms with Crippen LogP contribution in [0.25, 0.3) is 0 Å². The van der Waals surface area contributed by atoms with Gasteiger partial charge in [0.25, 0.3) is 0 Å². The number of Topliss-reactive ketones (excluding diaryl/α,β-unsaturated/α-hetero) is 1. The minimum atomic E-state index is -0.0803. The zero-order valence-corrected chi connectivity index (χ0v) is 9.97. The lowest BCUT2D eigenvalue weighted by Gasteiger charge is -2.45. The molecule has 0 spiro atoms. The fourth-order valence-electron chi connectivity index (χ4n) is 2.49. The normalized spacial score (nSPS) is 29.9. The van der Waals surface area contributed by atoms with E-state index in [2.05, 4.69) is 27.4 Å². The van der Waals surface area contributed by atoms with Crippen LogP contribution in [0.3, 0.4) is 0 Å². The fourth-order valence-corrected chi connectivity index (χ4v) is 2.49. The van der Waals surface area contributed by atoms with Crippen LogP contribution in [0, 0.1) is 22.7 Å². The average molecular weight is 207 g/mol. The van der Waals surface area contributed by atoms with Gasteiger partial charge in [0.1, 0.15) is 0 Å². The van der Waals surface area contributed by atoms with Gasteiger partial charge in [0, 0.05) is 6.42 Å². The summed E-state index contributed by atoms with van der Waals surface area (Å²) in [7, 11) is 0. The summed E-state index contributed by atoms with van der Waals surface area (Å²) < 4.78 is 0. The number of hydrogen-bond acceptors (Lipinski definition) is 2. The summed E-state index contributed by atoms with van der Waals surface area (Å²) in [6, 6.07) is 0. The van der Waals surface area contributed by atoms with Crippen LogP contribution in [0.15, 0.2) is 12.2 Å². The Morgan fingerprint density at radius 1 is 1.67 bits per heavy atom. The lowest BCUT2D eigenvalue weighted by Crippen LogP contribution is -2.37. The summed E-state index contributed by atoms with van der Waals surface area (Å²) in [5.41, 5.74) is 1.32. The van der Waals surface area contributed by atoms with E-state index in [0.29, 0.717) is 12.3 Å². The second-order valence-corrected chi connectivity index (χ2v) is 5.29. The van der Waals surface area contributed by atoms with Gasteiger partial charge in [-0.2, -0.15) is 0 Å². The molecule has 0 aromatic carbocycles. The number of ketones is 1. The van der Waals surface area contributed by atoms with Crippen LogP contribution >= 0.6 is 0 Å². The molecule has 1 aliphatic carbocycles. The van der Waals surface area contributed by atoms with Crippen LogP contribution in [0.4, 0.5) is 0 Å². The third-order valence-corrected chi connectivity index (χ3v) is 4.13. The van der Waals surface area contributed by atoms with Gasteiger partial charge in [-0.15, -0.1) is 0 Å². The van der Waals surface area contributed by atoms with Gasteiger partial charge < -0.3 is 5.41 Å². The molecule has 1 rings (SSSR count). The highest BCUT2D eigenvalue weighted by molar-refractivity contribution is 6.26. The quantitative estimate of drug-likeness (QED) is 0.560. The smallest absolute Gasteiger partial charge is 0.173 e. The highest BCUT2D eigenvalue weighted by atomic mass is 16.1. The largest absolute Gasteiger partial charge is 0.305 e. The molecule has 15 heavy (non-hydrogen) atoms. The Morgan fingerprint density at radius 3 is 2.80 bits per heavy atom. The van der Waals surface area contributed by atoms with Gasteiger partial charge in [0.15, 0.2) is 5.78 Å². The van der Waals surface area contributed by atoms with Gasteiger partial charge in [0.05, 0.1) is 6.21 Å². The van der Waals surface area contributed by atoms with E-state index in [9.17, 15) is 4.79 Å². The molecule has 2 atom stereocenters. The molecule has 1 saturated carbocycles. The van der Waals surface area contributed by atoms with E-state index in [0.717, 1.165) is 12.6 Å². The SMILES string of the molecule is C=C1CC[C@H](C)C(C)(C)[C@@H]1CC(=O)C=N. The van der Waals surface area contributed by atoms with Crippen LogP contribution in [0.2, 0.25) is 0 Å². The highest BCUT2D eigenvalue weighted by Gasteiger charge is 2.40. The minimum Gasteiger partial charge on any atom is -0.305 e. The Morgan fingerprint density at radius 2 is 2.27 bits per heavy atom. The lowest BCUT2D eigenvalue weighted by atomic mass is 9.60. The number of hydrogen-bond donors (Lipinski definition) is 1. The molecule has 2 heteroatoms. The first kappa shape index (κ1) is 12.2. The molecule has 0 aliphatic heterocycles. The van der Waals surface area contributed by atoms with Crippen LogP contribution < -0.4 is 0 Å². The summed E-state index contributed by atoms with van der Waals surface area (Å²) >= 11 is 0. The third kappa shape index (κ3) is 2.36. The summed E-state index contributed by atoms with van der Waals surface area (Å²) in [4.78, 5) is 11.3. The lowest BCUT2D eigenvalue weighted by molar-refractivity contribution is -0.114. The van der Waals surface area contributed by atoms with Crippen LogP contribution in [0.1, 0.15) is 40.0 Å². The molecule has 0 saturated heterocycles. The van der Waals surface area contributed by atoms with E-state index in [4.69, 9.17) is 5.41 Å². The van der Waals surface area contributed by atoms with Gasteiger partial charge in [-0.3, -0.25) is 4.79 Å². The second-order valence-electron chi connectivity index (χ2n) is 5.29. The van der Waals surface area contributed by atoms with Crippen molar-refractivity contribution in [3.63, 3.8) is 0 Å². The maximum Gasteiger partial charge on any atom is 0.173 e. The van der Waals surface area contributed by atoms with Crippen LogP contribution in [-0.2, 0) is 4.79 Å². The summed E-state index contributed by atoms with van der Waals surface area (Å²) in [5.74, 6) is 0.783. The minimum absolute atomic E-state index is 0.0803. The van der Waals surface area contributed by atoms with Crippen molar-refractivity contribution in [3.05, 3.63) is 12.2 Å². The molecule has 1 aliphatic rings. The molecular formula is C13H21NO. The first-order chi connectivity index (χ1) is 6.89. The first-order valence-electron chi connectivity index (χ1n) is 5.60. The number of rotatable bonds is 3. The molecule has 0 radical (unpaired) electrons. The Labute approximate surface area is 92.3 Å². The maximum absolute atomic E-state index is 11.3. The Bertz CT molecular complexity index is 291. The maximum atomic E-state index is 11.3. The highest BCUT2D eigenvalue weighted by Crippen LogP contribution is 2.48. The van der Waals surface area contributed by atoms with Crippen LogP contribution in [-0.4, -0.2) is 12.0 Å². The van der Waals surface area contributed by atoms with Gasteiger partial charge in [-0.25, -0.2) is 0 Å². The Hall–Kier alpha value is -0.920. The Kier molecular flexibility index (Phi) is 3.48. The standard InChI is InChI=1S/C13H21NO/c1-9-5-6-10(2)13(3,4)12(9)7-11(15)8-14/h8,10,12,14H,1,5-7H2,2-4H3/t10-,12+/m0/s1. The van der Waals surface area contributed by atoms with E-state index in [1.165, 1.54) is 12.0 Å². The number of carbonyl (C=O) groups is 1. The van der Waals surface area contributed by atoms with E-state index in [1.807, 2.05) is 0 Å². The first-order valence-corrected chi connectivity index (χ1v) is 5.60. The molecule has 84 valence electrons. The van der Waals surface area contributed by atoms with Gasteiger partial charge in [-0.05, 0) is 30.1 Å². The van der Waals surface area contributed by atoms with Gasteiger partial charge in [-0.1, -0.05) is 32.9 Å². The van der Waals surface area contributed by atoms with Crippen molar-refractivity contribution in [2.45, 2.75) is 40.0 Å². The van der Waals surface area contributed by atoms with Crippen LogP contribution in [0.5, 0.6) is 0 Å². The summed E-state index contributed by atoms with van der Waals surface area (Å²) in [6.07, 6.45) is 3.59. The molecule has 0 amide bonds. The fraction of sp³-hybridized carbons (Fsp3) is 0.692. The molecule has 0 bridgehead atoms. The van der Waals surface area contributed by atoms with E-state index >= 15 is 0 Å². The van der Waals surface area contributed by atoms with Crippen molar-refractivity contribution >= 4 is 12.0 Å². The topological polar surface area (TPSA) is 40.9 Å². The van der Waals surface area contributed by atoms with Crippen molar-refractivity contribution < 1.29 is 4.79 Å². The zero-order valence-electron chi connectivity index (χ0n) is 9.97. The summed E-state index contributed by atoms with van der Waals surface area (Å²) in [5, 5.41) is 6.97. The van der Waals surface area contributed by atoms with Gasteiger partial charge in [0.2, 0.25) is 0 Å². The summed E-state index contributed by atoms with van der Waals surface area (Å²) in [6.45, 7) is 10.8. The van der Waals surface area contributed by atoms with Crippen molar-refractivity contribution in [3.8, 4) is 0 Å². The molecule has 2 nitrogen and oxygen atoms in total. The molecule has 0 unspecified atom stereocenters. The second kappa shape index (κ2) is 4.30. The van der Waals surface area contributed by atoms with Crippen molar-refractivity contribution in [2.75, 3.05) is 0 Å². The van der Waals surface area contributed by atoms with Crippen molar-refractivity contribution in [2.24, 2.45) is 17.3 Å². The van der Waals surface area contributed by atoms with E-state index in [-0.39, 0.29) is 17.1 Å². The monoisotopic (exact) mass is 207 g/mol. The average Bonchev–Trinajstić information content (AvgIpc) is 2.19. The number of allylic oxidation sites excluding steroid dienone is 1.